The molecule has 1 saturated heterocycles. The first kappa shape index (κ1) is 11.9. The van der Waals surface area contributed by atoms with Gasteiger partial charge in [0.15, 0.2) is 0 Å². The van der Waals surface area contributed by atoms with E-state index in [4.69, 9.17) is 5.11 Å². The molecule has 0 bridgehead atoms. The first-order valence-corrected chi connectivity index (χ1v) is 6.01. The fourth-order valence-corrected chi connectivity index (χ4v) is 2.22. The Hall–Kier alpha value is -1.55. The number of carboxylic acids is 1. The fraction of sp³-hybridized carbons (Fsp3) is 0.462. The molecule has 0 amide bonds. The Morgan fingerprint density at radius 1 is 1.41 bits per heavy atom. The second-order valence-electron chi connectivity index (χ2n) is 4.38. The maximum absolute atomic E-state index is 10.8. The van der Waals surface area contributed by atoms with Crippen LogP contribution in [0.1, 0.15) is 12.8 Å². The van der Waals surface area contributed by atoms with Gasteiger partial charge in [-0.3, -0.25) is 4.79 Å². The molecule has 1 aromatic rings. The summed E-state index contributed by atoms with van der Waals surface area (Å²) in [6.07, 6.45) is 1.23. The van der Waals surface area contributed by atoms with Crippen LogP contribution in [0.4, 0.5) is 5.69 Å². The summed E-state index contributed by atoms with van der Waals surface area (Å²) < 4.78 is 0. The molecule has 0 saturated carbocycles. The minimum Gasteiger partial charge on any atom is -0.481 e. The highest BCUT2D eigenvalue weighted by Crippen LogP contribution is 2.16. The normalized spacial score (nSPS) is 20.9. The maximum atomic E-state index is 10.8. The molecule has 1 heterocycles. The number of carboxylic acid groups (broad SMARTS) is 1. The predicted octanol–water partition coefficient (Wildman–Crippen LogP) is 1.33. The Kier molecular flexibility index (Phi) is 3.98. The number of nitrogens with zero attached hydrogens (tertiary/aromatic N) is 1. The number of rotatable bonds is 3. The Morgan fingerprint density at radius 2 is 2.18 bits per heavy atom. The molecular formula is C13H18N2O2. The van der Waals surface area contributed by atoms with Crippen LogP contribution in [0.25, 0.3) is 0 Å². The summed E-state index contributed by atoms with van der Waals surface area (Å²) in [7, 11) is 0. The van der Waals surface area contributed by atoms with Crippen molar-refractivity contribution in [2.24, 2.45) is 0 Å². The van der Waals surface area contributed by atoms with Crippen LogP contribution in [-0.2, 0) is 4.79 Å². The first-order chi connectivity index (χ1) is 8.25. The van der Waals surface area contributed by atoms with Crippen molar-refractivity contribution in [3.8, 4) is 0 Å². The predicted molar refractivity (Wildman–Crippen MR) is 67.3 cm³/mol. The highest BCUT2D eigenvalue weighted by Gasteiger charge is 2.19. The third-order valence-electron chi connectivity index (χ3n) is 3.02. The molecular weight excluding hydrogens is 216 g/mol. The molecule has 17 heavy (non-hydrogen) atoms. The van der Waals surface area contributed by atoms with Crippen molar-refractivity contribution in [2.45, 2.75) is 18.9 Å². The van der Waals surface area contributed by atoms with Gasteiger partial charge in [-0.15, -0.1) is 0 Å². The first-order valence-electron chi connectivity index (χ1n) is 6.01. The van der Waals surface area contributed by atoms with Gasteiger partial charge in [0.05, 0.1) is 6.42 Å². The number of hydrogen-bond acceptors (Lipinski definition) is 3. The Morgan fingerprint density at radius 3 is 2.88 bits per heavy atom. The Balaban J connectivity index is 2.04. The topological polar surface area (TPSA) is 52.6 Å². The van der Waals surface area contributed by atoms with E-state index in [-0.39, 0.29) is 12.5 Å². The van der Waals surface area contributed by atoms with Crippen LogP contribution >= 0.6 is 0 Å². The van der Waals surface area contributed by atoms with E-state index in [1.165, 1.54) is 5.69 Å². The lowest BCUT2D eigenvalue weighted by atomic mass is 10.2. The summed E-state index contributed by atoms with van der Waals surface area (Å²) >= 11 is 0. The van der Waals surface area contributed by atoms with Gasteiger partial charge < -0.3 is 15.3 Å². The van der Waals surface area contributed by atoms with E-state index in [1.807, 2.05) is 18.2 Å². The molecule has 4 heteroatoms. The second-order valence-corrected chi connectivity index (χ2v) is 4.38. The second kappa shape index (κ2) is 5.68. The molecule has 1 aliphatic rings. The minimum absolute atomic E-state index is 0.0372. The number of carbonyl (C=O) groups is 1. The molecule has 2 N–H and O–H groups in total. The smallest absolute Gasteiger partial charge is 0.304 e. The number of anilines is 1. The van der Waals surface area contributed by atoms with Crippen molar-refractivity contribution in [3.05, 3.63) is 30.3 Å². The van der Waals surface area contributed by atoms with Crippen molar-refractivity contribution in [2.75, 3.05) is 24.5 Å². The van der Waals surface area contributed by atoms with Gasteiger partial charge in [-0.2, -0.15) is 0 Å². The summed E-state index contributed by atoms with van der Waals surface area (Å²) in [4.78, 5) is 13.0. The summed E-state index contributed by atoms with van der Waals surface area (Å²) in [6.45, 7) is 2.63. The summed E-state index contributed by atoms with van der Waals surface area (Å²) in [5, 5.41) is 12.1. The zero-order valence-electron chi connectivity index (χ0n) is 9.80. The van der Waals surface area contributed by atoms with Gasteiger partial charge in [-0.05, 0) is 25.1 Å². The van der Waals surface area contributed by atoms with E-state index in [2.05, 4.69) is 22.3 Å². The third kappa shape index (κ3) is 3.46. The zero-order chi connectivity index (χ0) is 12.1. The lowest BCUT2D eigenvalue weighted by Crippen LogP contribution is -2.39. The molecule has 1 aromatic carbocycles. The molecule has 0 radical (unpaired) electrons. The third-order valence-corrected chi connectivity index (χ3v) is 3.02. The molecule has 1 fully saturated rings. The average Bonchev–Trinajstić information content (AvgIpc) is 2.55. The van der Waals surface area contributed by atoms with Gasteiger partial charge in [-0.25, -0.2) is 0 Å². The molecule has 1 aliphatic heterocycles. The van der Waals surface area contributed by atoms with Gasteiger partial charge in [0.1, 0.15) is 0 Å². The number of aliphatic carboxylic acids is 1. The summed E-state index contributed by atoms with van der Waals surface area (Å²) in [6, 6.07) is 10.2. The monoisotopic (exact) mass is 234 g/mol. The maximum Gasteiger partial charge on any atom is 0.304 e. The number of benzene rings is 1. The van der Waals surface area contributed by atoms with Crippen LogP contribution in [0.3, 0.4) is 0 Å². The van der Waals surface area contributed by atoms with Gasteiger partial charge >= 0.3 is 5.97 Å². The molecule has 4 nitrogen and oxygen atoms in total. The fourth-order valence-electron chi connectivity index (χ4n) is 2.22. The number of nitrogens with one attached hydrogen (secondary N) is 1. The highest BCUT2D eigenvalue weighted by molar-refractivity contribution is 5.67. The Labute approximate surface area is 101 Å². The Bertz CT molecular complexity index is 367. The largest absolute Gasteiger partial charge is 0.481 e. The van der Waals surface area contributed by atoms with Crippen LogP contribution < -0.4 is 10.2 Å². The standard InChI is InChI=1S/C13H18N2O2/c16-13(17)9-11-10-15(8-4-7-14-11)12-5-2-1-3-6-12/h1-3,5-6,11,14H,4,7-10H2,(H,16,17). The highest BCUT2D eigenvalue weighted by atomic mass is 16.4. The summed E-state index contributed by atoms with van der Waals surface area (Å²) in [5.74, 6) is -0.739. The lowest BCUT2D eigenvalue weighted by Gasteiger charge is -2.25. The van der Waals surface area contributed by atoms with Crippen LogP contribution in [0.5, 0.6) is 0 Å². The summed E-state index contributed by atoms with van der Waals surface area (Å²) in [5.41, 5.74) is 1.17. The number of hydrogen-bond donors (Lipinski definition) is 2. The molecule has 0 aliphatic carbocycles. The van der Waals surface area contributed by atoms with E-state index >= 15 is 0 Å². The minimum atomic E-state index is -0.739. The van der Waals surface area contributed by atoms with Crippen LogP contribution in [0, 0.1) is 0 Å². The van der Waals surface area contributed by atoms with Crippen molar-refractivity contribution in [1.82, 2.24) is 5.32 Å². The van der Waals surface area contributed by atoms with Crippen molar-refractivity contribution in [3.63, 3.8) is 0 Å². The van der Waals surface area contributed by atoms with Gasteiger partial charge in [0.2, 0.25) is 0 Å². The van der Waals surface area contributed by atoms with E-state index in [0.717, 1.165) is 26.1 Å². The van der Waals surface area contributed by atoms with E-state index < -0.39 is 5.97 Å². The van der Waals surface area contributed by atoms with E-state index in [1.54, 1.807) is 0 Å². The van der Waals surface area contributed by atoms with Crippen LogP contribution in [0.2, 0.25) is 0 Å². The molecule has 1 unspecified atom stereocenters. The average molecular weight is 234 g/mol. The number of para-hydroxylation sites is 1. The molecule has 92 valence electrons. The van der Waals surface area contributed by atoms with E-state index in [0.29, 0.717) is 0 Å². The molecule has 0 aromatic heterocycles. The molecule has 1 atom stereocenters. The zero-order valence-corrected chi connectivity index (χ0v) is 9.80. The van der Waals surface area contributed by atoms with Crippen molar-refractivity contribution >= 4 is 11.7 Å². The van der Waals surface area contributed by atoms with E-state index in [9.17, 15) is 4.79 Å². The SMILES string of the molecule is O=C(O)CC1CN(c2ccccc2)CCCN1. The van der Waals surface area contributed by atoms with Gasteiger partial charge in [-0.1, -0.05) is 18.2 Å². The van der Waals surface area contributed by atoms with Crippen molar-refractivity contribution < 1.29 is 9.90 Å². The lowest BCUT2D eigenvalue weighted by molar-refractivity contribution is -0.137. The van der Waals surface area contributed by atoms with Crippen LogP contribution in [0.15, 0.2) is 30.3 Å². The molecule has 0 spiro atoms. The van der Waals surface area contributed by atoms with Crippen LogP contribution in [-0.4, -0.2) is 36.8 Å². The van der Waals surface area contributed by atoms with Gasteiger partial charge in [0, 0.05) is 24.8 Å². The quantitative estimate of drug-likeness (QED) is 0.828. The van der Waals surface area contributed by atoms with Gasteiger partial charge in [0.25, 0.3) is 0 Å². The molecule has 2 rings (SSSR count). The van der Waals surface area contributed by atoms with Crippen molar-refractivity contribution in [1.29, 1.82) is 0 Å².